The largest absolute Gasteiger partial charge is 0.370 e. The summed E-state index contributed by atoms with van der Waals surface area (Å²) in [5, 5.41) is 3.23. The maximum absolute atomic E-state index is 5.73. The Labute approximate surface area is 84.3 Å². The van der Waals surface area contributed by atoms with Gasteiger partial charge in [0.1, 0.15) is 5.82 Å². The average molecular weight is 199 g/mol. The van der Waals surface area contributed by atoms with Gasteiger partial charge in [0.25, 0.3) is 0 Å². The molecule has 1 rings (SSSR count). The highest BCUT2D eigenvalue weighted by Gasteiger charge is 1.98. The Bertz CT molecular complexity index is 274. The van der Waals surface area contributed by atoms with Crippen LogP contribution in [0.2, 0.25) is 0 Å². The number of rotatable bonds is 4. The van der Waals surface area contributed by atoms with E-state index >= 15 is 0 Å². The average Bonchev–Trinajstić information content (AvgIpc) is 2.15. The Kier molecular flexibility index (Phi) is 4.03. The maximum atomic E-state index is 5.73. The van der Waals surface area contributed by atoms with Crippen LogP contribution < -0.4 is 5.32 Å². The molecule has 0 aliphatic carbocycles. The SMILES string of the molecule is CCCNc1cc(C)c(CCl)cn1. The van der Waals surface area contributed by atoms with E-state index < -0.39 is 0 Å². The predicted molar refractivity (Wildman–Crippen MR) is 57.3 cm³/mol. The molecule has 0 aromatic carbocycles. The first-order valence-electron chi connectivity index (χ1n) is 4.53. The van der Waals surface area contributed by atoms with Gasteiger partial charge in [0.05, 0.1) is 0 Å². The summed E-state index contributed by atoms with van der Waals surface area (Å²) in [5.41, 5.74) is 2.30. The van der Waals surface area contributed by atoms with Gasteiger partial charge in [-0.3, -0.25) is 0 Å². The van der Waals surface area contributed by atoms with Crippen molar-refractivity contribution in [1.82, 2.24) is 4.98 Å². The molecule has 0 atom stereocenters. The minimum atomic E-state index is 0.535. The van der Waals surface area contributed by atoms with E-state index in [1.807, 2.05) is 12.3 Å². The second-order valence-corrected chi connectivity index (χ2v) is 3.32. The lowest BCUT2D eigenvalue weighted by Crippen LogP contribution is -2.02. The van der Waals surface area contributed by atoms with Crippen LogP contribution in [0.15, 0.2) is 12.3 Å². The van der Waals surface area contributed by atoms with Crippen molar-refractivity contribution in [1.29, 1.82) is 0 Å². The van der Waals surface area contributed by atoms with Gasteiger partial charge in [0, 0.05) is 18.6 Å². The van der Waals surface area contributed by atoms with E-state index in [4.69, 9.17) is 11.6 Å². The Morgan fingerprint density at radius 1 is 1.54 bits per heavy atom. The molecule has 72 valence electrons. The minimum absolute atomic E-state index is 0.535. The maximum Gasteiger partial charge on any atom is 0.126 e. The fraction of sp³-hybridized carbons (Fsp3) is 0.500. The molecule has 0 amide bonds. The summed E-state index contributed by atoms with van der Waals surface area (Å²) in [5.74, 6) is 1.47. The molecule has 1 aromatic rings. The van der Waals surface area contributed by atoms with Crippen LogP contribution in [-0.2, 0) is 5.88 Å². The highest BCUT2D eigenvalue weighted by molar-refractivity contribution is 6.17. The standard InChI is InChI=1S/C10H15ClN2/c1-3-4-12-10-5-8(2)9(6-11)7-13-10/h5,7H,3-4,6H2,1-2H3,(H,12,13). The summed E-state index contributed by atoms with van der Waals surface area (Å²) >= 11 is 5.73. The molecule has 1 aromatic heterocycles. The van der Waals surface area contributed by atoms with Crippen LogP contribution in [0.1, 0.15) is 24.5 Å². The molecule has 0 saturated carbocycles. The second kappa shape index (κ2) is 5.07. The van der Waals surface area contributed by atoms with Crippen molar-refractivity contribution in [3.8, 4) is 0 Å². The molecule has 0 aliphatic heterocycles. The van der Waals surface area contributed by atoms with E-state index in [1.165, 1.54) is 5.56 Å². The third-order valence-corrected chi connectivity index (χ3v) is 2.21. The number of pyridine rings is 1. The third kappa shape index (κ3) is 2.88. The minimum Gasteiger partial charge on any atom is -0.370 e. The molecule has 0 radical (unpaired) electrons. The van der Waals surface area contributed by atoms with Gasteiger partial charge < -0.3 is 5.32 Å². The number of hydrogen-bond donors (Lipinski definition) is 1. The van der Waals surface area contributed by atoms with Crippen LogP contribution in [0.3, 0.4) is 0 Å². The predicted octanol–water partition coefficient (Wildman–Crippen LogP) is 2.95. The van der Waals surface area contributed by atoms with Crippen LogP contribution in [0, 0.1) is 6.92 Å². The summed E-state index contributed by atoms with van der Waals surface area (Å²) in [7, 11) is 0. The van der Waals surface area contributed by atoms with Crippen molar-refractivity contribution in [2.45, 2.75) is 26.1 Å². The summed E-state index contributed by atoms with van der Waals surface area (Å²) in [6, 6.07) is 2.04. The summed E-state index contributed by atoms with van der Waals surface area (Å²) in [6.07, 6.45) is 2.94. The van der Waals surface area contributed by atoms with Crippen molar-refractivity contribution in [3.05, 3.63) is 23.4 Å². The van der Waals surface area contributed by atoms with E-state index in [0.29, 0.717) is 5.88 Å². The van der Waals surface area contributed by atoms with Crippen molar-refractivity contribution in [2.75, 3.05) is 11.9 Å². The monoisotopic (exact) mass is 198 g/mol. The van der Waals surface area contributed by atoms with Gasteiger partial charge in [-0.2, -0.15) is 0 Å². The lowest BCUT2D eigenvalue weighted by Gasteiger charge is -2.06. The van der Waals surface area contributed by atoms with Crippen LogP contribution >= 0.6 is 11.6 Å². The number of aryl methyl sites for hydroxylation is 1. The van der Waals surface area contributed by atoms with E-state index in [0.717, 1.165) is 24.3 Å². The number of nitrogens with zero attached hydrogens (tertiary/aromatic N) is 1. The van der Waals surface area contributed by atoms with Gasteiger partial charge in [0.15, 0.2) is 0 Å². The van der Waals surface area contributed by atoms with Crippen LogP contribution in [0.5, 0.6) is 0 Å². The number of aromatic nitrogens is 1. The molecule has 0 saturated heterocycles. The van der Waals surface area contributed by atoms with Gasteiger partial charge in [0.2, 0.25) is 0 Å². The summed E-state index contributed by atoms with van der Waals surface area (Å²) < 4.78 is 0. The molecular formula is C10H15ClN2. The van der Waals surface area contributed by atoms with Gasteiger partial charge in [-0.15, -0.1) is 11.6 Å². The fourth-order valence-corrected chi connectivity index (χ4v) is 1.35. The molecule has 0 aliphatic rings. The molecule has 0 spiro atoms. The molecule has 2 nitrogen and oxygen atoms in total. The fourth-order valence-electron chi connectivity index (χ4n) is 1.07. The smallest absolute Gasteiger partial charge is 0.126 e. The van der Waals surface area contributed by atoms with Crippen molar-refractivity contribution >= 4 is 17.4 Å². The van der Waals surface area contributed by atoms with E-state index in [9.17, 15) is 0 Å². The van der Waals surface area contributed by atoms with Gasteiger partial charge in [-0.1, -0.05) is 6.92 Å². The van der Waals surface area contributed by atoms with Gasteiger partial charge in [-0.05, 0) is 30.5 Å². The van der Waals surface area contributed by atoms with E-state index in [-0.39, 0.29) is 0 Å². The van der Waals surface area contributed by atoms with Crippen molar-refractivity contribution in [3.63, 3.8) is 0 Å². The molecule has 0 fully saturated rings. The number of hydrogen-bond acceptors (Lipinski definition) is 2. The number of nitrogens with one attached hydrogen (secondary N) is 1. The molecule has 13 heavy (non-hydrogen) atoms. The first kappa shape index (κ1) is 10.3. The van der Waals surface area contributed by atoms with Crippen LogP contribution in [0.4, 0.5) is 5.82 Å². The van der Waals surface area contributed by atoms with Gasteiger partial charge in [-0.25, -0.2) is 4.98 Å². The Morgan fingerprint density at radius 3 is 2.85 bits per heavy atom. The second-order valence-electron chi connectivity index (χ2n) is 3.06. The molecule has 1 heterocycles. The topological polar surface area (TPSA) is 24.9 Å². The van der Waals surface area contributed by atoms with Gasteiger partial charge >= 0.3 is 0 Å². The van der Waals surface area contributed by atoms with E-state index in [2.05, 4.69) is 24.1 Å². The molecule has 0 bridgehead atoms. The van der Waals surface area contributed by atoms with Crippen LogP contribution in [0.25, 0.3) is 0 Å². The van der Waals surface area contributed by atoms with E-state index in [1.54, 1.807) is 0 Å². The zero-order valence-corrected chi connectivity index (χ0v) is 8.86. The van der Waals surface area contributed by atoms with Crippen molar-refractivity contribution < 1.29 is 0 Å². The quantitative estimate of drug-likeness (QED) is 0.753. The number of alkyl halides is 1. The van der Waals surface area contributed by atoms with Crippen molar-refractivity contribution in [2.24, 2.45) is 0 Å². The number of halogens is 1. The Morgan fingerprint density at radius 2 is 2.31 bits per heavy atom. The molecule has 0 unspecified atom stereocenters. The Balaban J connectivity index is 2.71. The van der Waals surface area contributed by atoms with Crippen LogP contribution in [-0.4, -0.2) is 11.5 Å². The normalized spacial score (nSPS) is 10.1. The molecular weight excluding hydrogens is 184 g/mol. The highest BCUT2D eigenvalue weighted by atomic mass is 35.5. The lowest BCUT2D eigenvalue weighted by molar-refractivity contribution is 0.967. The zero-order valence-electron chi connectivity index (χ0n) is 8.10. The number of anilines is 1. The first-order chi connectivity index (χ1) is 6.27. The summed E-state index contributed by atoms with van der Waals surface area (Å²) in [6.45, 7) is 5.15. The zero-order chi connectivity index (χ0) is 9.68. The third-order valence-electron chi connectivity index (χ3n) is 1.92. The lowest BCUT2D eigenvalue weighted by atomic mass is 10.2. The first-order valence-corrected chi connectivity index (χ1v) is 5.06. The highest BCUT2D eigenvalue weighted by Crippen LogP contribution is 2.13. The molecule has 1 N–H and O–H groups in total. The summed E-state index contributed by atoms with van der Waals surface area (Å²) in [4.78, 5) is 4.25. The molecule has 3 heteroatoms. The Hall–Kier alpha value is -0.760.